The van der Waals surface area contributed by atoms with Gasteiger partial charge in [0.2, 0.25) is 0 Å². The van der Waals surface area contributed by atoms with Gasteiger partial charge in [0.15, 0.2) is 6.23 Å². The van der Waals surface area contributed by atoms with E-state index in [-0.39, 0.29) is 16.7 Å². The number of rotatable bonds is 4. The molecule has 1 aliphatic heterocycles. The predicted octanol–water partition coefficient (Wildman–Crippen LogP) is -1.96. The van der Waals surface area contributed by atoms with Gasteiger partial charge in [0.1, 0.15) is 29.6 Å². The average Bonchev–Trinajstić information content (AvgIpc) is 2.99. The Morgan fingerprint density at radius 2 is 2.12 bits per heavy atom. The van der Waals surface area contributed by atoms with Crippen LogP contribution in [0.1, 0.15) is 6.23 Å². The van der Waals surface area contributed by atoms with Crippen LogP contribution in [-0.4, -0.2) is 59.7 Å². The van der Waals surface area contributed by atoms with E-state index in [0.717, 1.165) is 4.68 Å². The Morgan fingerprint density at radius 1 is 1.42 bits per heavy atom. The highest BCUT2D eigenvalue weighted by atomic mass is 31.2. The van der Waals surface area contributed by atoms with Gasteiger partial charge in [-0.15, -0.1) is 0 Å². The summed E-state index contributed by atoms with van der Waals surface area (Å²) in [6.07, 6.45) is -3.95. The predicted molar refractivity (Wildman–Crippen MR) is 78.7 cm³/mol. The molecule has 0 unspecified atom stereocenters. The van der Waals surface area contributed by atoms with E-state index in [1.165, 1.54) is 12.3 Å². The molecule has 0 spiro atoms. The van der Waals surface area contributed by atoms with E-state index in [9.17, 15) is 19.6 Å². The van der Waals surface area contributed by atoms with Crippen molar-refractivity contribution in [2.24, 2.45) is 0 Å². The Morgan fingerprint density at radius 3 is 2.79 bits per heavy atom. The fourth-order valence-electron chi connectivity index (χ4n) is 2.46. The quantitative estimate of drug-likeness (QED) is 0.332. The molecule has 3 heterocycles. The zero-order valence-electron chi connectivity index (χ0n) is 12.0. The third-order valence-electron chi connectivity index (χ3n) is 3.56. The maximum absolute atomic E-state index is 11.8. The molecule has 0 saturated carbocycles. The minimum absolute atomic E-state index is 0.110. The Labute approximate surface area is 133 Å². The van der Waals surface area contributed by atoms with E-state index >= 15 is 0 Å². The first-order valence-electron chi connectivity index (χ1n) is 6.75. The molecule has 4 atom stereocenters. The lowest BCUT2D eigenvalue weighted by molar-refractivity contribution is -0.0575. The van der Waals surface area contributed by atoms with Gasteiger partial charge in [-0.25, -0.2) is 9.25 Å². The Hall–Kier alpha value is -1.79. The van der Waals surface area contributed by atoms with E-state index in [0.29, 0.717) is 0 Å². The molecule has 0 aliphatic carbocycles. The lowest BCUT2D eigenvalue weighted by Crippen LogP contribution is -2.33. The molecule has 2 aromatic rings. The van der Waals surface area contributed by atoms with Crippen molar-refractivity contribution in [2.45, 2.75) is 24.5 Å². The van der Waals surface area contributed by atoms with Crippen molar-refractivity contribution in [1.29, 1.82) is 0 Å². The first-order chi connectivity index (χ1) is 11.2. The van der Waals surface area contributed by atoms with Crippen molar-refractivity contribution in [1.82, 2.24) is 14.8 Å². The molecule has 0 aromatic carbocycles. The number of fused-ring (bicyclic) bond motifs is 1. The zero-order valence-corrected chi connectivity index (χ0v) is 12.9. The molecule has 24 heavy (non-hydrogen) atoms. The number of aliphatic hydroxyl groups excluding tert-OH is 2. The summed E-state index contributed by atoms with van der Waals surface area (Å²) in [5, 5.41) is 24.3. The van der Waals surface area contributed by atoms with Crippen LogP contribution in [0.25, 0.3) is 10.9 Å². The number of hydrogen-bond donors (Lipinski definition) is 6. The number of aliphatic hydroxyl groups is 2. The number of aromatic amines is 1. The molecular weight excluding hydrogens is 347 g/mol. The van der Waals surface area contributed by atoms with Crippen LogP contribution in [-0.2, 0) is 13.8 Å². The maximum atomic E-state index is 11.8. The first-order valence-corrected chi connectivity index (χ1v) is 8.28. The molecule has 13 heteroatoms. The Balaban J connectivity index is 1.86. The number of hydrogen-bond acceptors (Lipinski definition) is 8. The van der Waals surface area contributed by atoms with Crippen LogP contribution in [0.2, 0.25) is 0 Å². The minimum atomic E-state index is -4.75. The fourth-order valence-corrected chi connectivity index (χ4v) is 2.80. The van der Waals surface area contributed by atoms with Crippen LogP contribution >= 0.6 is 7.82 Å². The highest BCUT2D eigenvalue weighted by Crippen LogP contribution is 2.38. The van der Waals surface area contributed by atoms with Crippen LogP contribution in [0.4, 0.5) is 5.82 Å². The van der Waals surface area contributed by atoms with Crippen molar-refractivity contribution in [2.75, 3.05) is 12.3 Å². The maximum Gasteiger partial charge on any atom is 0.469 e. The molecular formula is C11H15N4O8P. The highest BCUT2D eigenvalue weighted by Gasteiger charge is 2.45. The Bertz CT molecular complexity index is 859. The first kappa shape index (κ1) is 17.0. The van der Waals surface area contributed by atoms with Gasteiger partial charge in [-0.05, 0) is 0 Å². The molecule has 132 valence electrons. The van der Waals surface area contributed by atoms with Crippen molar-refractivity contribution in [3.63, 3.8) is 0 Å². The van der Waals surface area contributed by atoms with Gasteiger partial charge in [0, 0.05) is 12.3 Å². The van der Waals surface area contributed by atoms with Gasteiger partial charge >= 0.3 is 7.82 Å². The van der Waals surface area contributed by atoms with Gasteiger partial charge in [0.25, 0.3) is 5.56 Å². The Kier molecular flexibility index (Phi) is 4.21. The third-order valence-corrected chi connectivity index (χ3v) is 4.05. The van der Waals surface area contributed by atoms with Gasteiger partial charge < -0.3 is 35.5 Å². The van der Waals surface area contributed by atoms with Crippen LogP contribution in [0.5, 0.6) is 0 Å². The molecule has 0 amide bonds. The number of pyridine rings is 1. The summed E-state index contributed by atoms with van der Waals surface area (Å²) in [4.78, 5) is 31.6. The van der Waals surface area contributed by atoms with Gasteiger partial charge in [-0.3, -0.25) is 9.32 Å². The lowest BCUT2D eigenvalue weighted by atomic mass is 10.1. The van der Waals surface area contributed by atoms with Crippen LogP contribution in [0, 0.1) is 0 Å². The smallest absolute Gasteiger partial charge is 0.387 e. The highest BCUT2D eigenvalue weighted by molar-refractivity contribution is 7.46. The molecule has 0 radical (unpaired) electrons. The largest absolute Gasteiger partial charge is 0.469 e. The van der Waals surface area contributed by atoms with Gasteiger partial charge in [-0.1, -0.05) is 0 Å². The van der Waals surface area contributed by atoms with E-state index in [1.807, 2.05) is 0 Å². The standard InChI is InChI=1S/C11H15N4O8P/c12-7-1-5-4(10(18)13-7)2-15(14-5)11-9(17)8(16)6(23-11)3-22-24(19,20)21/h1-2,6,8-9,11,16-17H,3,12H2,(H,13,18)(H2,19,20,21)/t6-,8-,9-,11-/m1/s1. The second kappa shape index (κ2) is 5.93. The number of H-pyrrole nitrogens is 1. The minimum Gasteiger partial charge on any atom is -0.387 e. The molecule has 3 rings (SSSR count). The summed E-state index contributed by atoms with van der Waals surface area (Å²) in [7, 11) is -4.75. The topological polar surface area (TPSA) is 193 Å². The molecule has 7 N–H and O–H groups in total. The summed E-state index contributed by atoms with van der Waals surface area (Å²) in [6.45, 7) is -0.632. The number of phosphoric acid groups is 1. The number of ether oxygens (including phenoxy) is 1. The van der Waals surface area contributed by atoms with E-state index in [2.05, 4.69) is 14.6 Å². The molecule has 1 aliphatic rings. The summed E-state index contributed by atoms with van der Waals surface area (Å²) in [6, 6.07) is 1.42. The molecule has 12 nitrogen and oxygen atoms in total. The molecule has 1 fully saturated rings. The number of nitrogens with zero attached hydrogens (tertiary/aromatic N) is 2. The molecule has 1 saturated heterocycles. The van der Waals surface area contributed by atoms with Crippen LogP contribution in [0.15, 0.2) is 17.1 Å². The number of nitrogens with one attached hydrogen (secondary N) is 1. The van der Waals surface area contributed by atoms with E-state index < -0.39 is 44.5 Å². The van der Waals surface area contributed by atoms with Crippen molar-refractivity contribution in [3.8, 4) is 0 Å². The molecule has 2 aromatic heterocycles. The van der Waals surface area contributed by atoms with Crippen LogP contribution < -0.4 is 11.3 Å². The number of nitrogen functional groups attached to an aromatic ring is 1. The molecule has 0 bridgehead atoms. The third kappa shape index (κ3) is 3.21. The summed E-state index contributed by atoms with van der Waals surface area (Å²) in [5.74, 6) is 0.110. The van der Waals surface area contributed by atoms with Crippen molar-refractivity contribution < 1.29 is 33.8 Å². The monoisotopic (exact) mass is 362 g/mol. The number of nitrogens with two attached hydrogens (primary N) is 1. The van der Waals surface area contributed by atoms with Crippen molar-refractivity contribution in [3.05, 3.63) is 22.6 Å². The van der Waals surface area contributed by atoms with E-state index in [1.54, 1.807) is 0 Å². The SMILES string of the molecule is Nc1cc2nn([C@@H]3O[C@H](COP(=O)(O)O)[C@@H](O)[C@H]3O)cc2c(=O)[nH]1. The average molecular weight is 362 g/mol. The van der Waals surface area contributed by atoms with Crippen molar-refractivity contribution >= 4 is 24.5 Å². The normalized spacial score (nSPS) is 27.8. The second-order valence-electron chi connectivity index (χ2n) is 5.29. The number of aromatic nitrogens is 3. The number of phosphoric ester groups is 1. The zero-order chi connectivity index (χ0) is 17.6. The summed E-state index contributed by atoms with van der Waals surface area (Å²) in [5.41, 5.74) is 5.30. The second-order valence-corrected chi connectivity index (χ2v) is 6.53. The lowest BCUT2D eigenvalue weighted by Gasteiger charge is -2.14. The van der Waals surface area contributed by atoms with Gasteiger partial charge in [0.05, 0.1) is 12.0 Å². The summed E-state index contributed by atoms with van der Waals surface area (Å²) < 4.78 is 21.5. The van der Waals surface area contributed by atoms with Crippen LogP contribution in [0.3, 0.4) is 0 Å². The summed E-state index contributed by atoms with van der Waals surface area (Å²) >= 11 is 0. The number of anilines is 1. The fraction of sp³-hybridized carbons (Fsp3) is 0.455. The van der Waals surface area contributed by atoms with Gasteiger partial charge in [-0.2, -0.15) is 5.10 Å². The van der Waals surface area contributed by atoms with E-state index in [4.69, 9.17) is 20.3 Å².